The van der Waals surface area contributed by atoms with Crippen LogP contribution in [0, 0.1) is 5.92 Å². The Morgan fingerprint density at radius 3 is 2.86 bits per heavy atom. The number of anilines is 1. The number of hydrogen-bond donors (Lipinski definition) is 1. The summed E-state index contributed by atoms with van der Waals surface area (Å²) in [5.74, 6) is 2.02. The second-order valence-electron chi connectivity index (χ2n) is 7.17. The molecule has 1 saturated carbocycles. The van der Waals surface area contributed by atoms with Crippen molar-refractivity contribution in [2.75, 3.05) is 11.1 Å². The van der Waals surface area contributed by atoms with E-state index in [1.54, 1.807) is 0 Å². The van der Waals surface area contributed by atoms with Gasteiger partial charge in [-0.1, -0.05) is 67.3 Å². The highest BCUT2D eigenvalue weighted by atomic mass is 32.2. The van der Waals surface area contributed by atoms with E-state index in [-0.39, 0.29) is 5.91 Å². The lowest BCUT2D eigenvalue weighted by Gasteiger charge is -2.21. The van der Waals surface area contributed by atoms with E-state index < -0.39 is 0 Å². The predicted octanol–water partition coefficient (Wildman–Crippen LogP) is 4.76. The largest absolute Gasteiger partial charge is 0.306 e. The molecule has 148 valence electrons. The number of nitrogens with zero attached hydrogens (tertiary/aromatic N) is 4. The highest BCUT2D eigenvalue weighted by molar-refractivity contribution is 7.99. The van der Waals surface area contributed by atoms with Gasteiger partial charge in [0.25, 0.3) is 0 Å². The minimum Gasteiger partial charge on any atom is -0.306 e. The molecule has 0 unspecified atom stereocenters. The molecule has 2 aromatic heterocycles. The summed E-state index contributed by atoms with van der Waals surface area (Å²) < 4.78 is 3.23. The number of fused-ring (bicyclic) bond motifs is 1. The van der Waals surface area contributed by atoms with Crippen LogP contribution in [0.4, 0.5) is 5.13 Å². The van der Waals surface area contributed by atoms with Crippen LogP contribution in [0.2, 0.25) is 0 Å². The van der Waals surface area contributed by atoms with Gasteiger partial charge in [-0.2, -0.15) is 0 Å². The number of amides is 1. The molecule has 1 fully saturated rings. The summed E-state index contributed by atoms with van der Waals surface area (Å²) in [6.07, 6.45) is 7.62. The quantitative estimate of drug-likeness (QED) is 0.563. The van der Waals surface area contributed by atoms with Crippen LogP contribution in [-0.4, -0.2) is 31.4 Å². The Kier molecular flexibility index (Phi) is 6.26. The maximum atomic E-state index is 12.4. The van der Waals surface area contributed by atoms with Crippen LogP contribution in [0.15, 0.2) is 29.4 Å². The third-order valence-electron chi connectivity index (χ3n) is 5.18. The molecule has 0 aliphatic heterocycles. The van der Waals surface area contributed by atoms with Crippen molar-refractivity contribution in [3.8, 4) is 0 Å². The Morgan fingerprint density at radius 1 is 1.25 bits per heavy atom. The van der Waals surface area contributed by atoms with Crippen molar-refractivity contribution in [1.29, 1.82) is 0 Å². The maximum absolute atomic E-state index is 12.4. The second kappa shape index (κ2) is 9.05. The standard InChI is InChI=1S/C20H25N5OS2/c1-2-25-17(12-14-8-4-3-5-9-14)23-24-20(25)27-13-18(26)22-19-21-15-10-6-7-11-16(15)28-19/h6-7,10-11,14H,2-5,8-9,12-13H2,1H3,(H,21,22,26). The van der Waals surface area contributed by atoms with Crippen molar-refractivity contribution in [2.45, 2.75) is 57.1 Å². The third-order valence-corrected chi connectivity index (χ3v) is 7.10. The van der Waals surface area contributed by atoms with Crippen LogP contribution in [0.1, 0.15) is 44.9 Å². The molecule has 4 rings (SSSR count). The molecule has 0 atom stereocenters. The van der Waals surface area contributed by atoms with Crippen LogP contribution in [0.25, 0.3) is 10.2 Å². The van der Waals surface area contributed by atoms with Crippen molar-refractivity contribution < 1.29 is 4.79 Å². The van der Waals surface area contributed by atoms with E-state index in [1.165, 1.54) is 55.2 Å². The molecule has 0 saturated heterocycles. The fourth-order valence-electron chi connectivity index (χ4n) is 3.76. The topological polar surface area (TPSA) is 72.7 Å². The van der Waals surface area contributed by atoms with E-state index in [9.17, 15) is 4.79 Å². The normalized spacial score (nSPS) is 15.2. The van der Waals surface area contributed by atoms with Crippen molar-refractivity contribution in [1.82, 2.24) is 19.7 Å². The highest BCUT2D eigenvalue weighted by Gasteiger charge is 2.19. The lowest BCUT2D eigenvalue weighted by Crippen LogP contribution is -2.15. The third kappa shape index (κ3) is 4.55. The molecule has 2 heterocycles. The van der Waals surface area contributed by atoms with Crippen LogP contribution < -0.4 is 5.32 Å². The first-order valence-electron chi connectivity index (χ1n) is 9.93. The van der Waals surface area contributed by atoms with Gasteiger partial charge in [-0.25, -0.2) is 4.98 Å². The molecule has 1 amide bonds. The zero-order valence-electron chi connectivity index (χ0n) is 16.1. The molecule has 1 aromatic carbocycles. The summed E-state index contributed by atoms with van der Waals surface area (Å²) in [5.41, 5.74) is 0.911. The summed E-state index contributed by atoms with van der Waals surface area (Å²) in [6.45, 7) is 2.94. The van der Waals surface area contributed by atoms with Crippen molar-refractivity contribution in [2.24, 2.45) is 5.92 Å². The number of carbonyl (C=O) groups is 1. The number of rotatable bonds is 7. The number of aromatic nitrogens is 4. The van der Waals surface area contributed by atoms with Gasteiger partial charge in [0, 0.05) is 13.0 Å². The fourth-order valence-corrected chi connectivity index (χ4v) is 5.46. The van der Waals surface area contributed by atoms with Crippen LogP contribution >= 0.6 is 23.1 Å². The van der Waals surface area contributed by atoms with E-state index in [4.69, 9.17) is 0 Å². The van der Waals surface area contributed by atoms with E-state index in [0.29, 0.717) is 10.9 Å². The van der Waals surface area contributed by atoms with Crippen LogP contribution in [0.5, 0.6) is 0 Å². The van der Waals surface area contributed by atoms with E-state index in [2.05, 4.69) is 32.0 Å². The zero-order valence-corrected chi connectivity index (χ0v) is 17.7. The zero-order chi connectivity index (χ0) is 19.3. The number of thiazole rings is 1. The number of para-hydroxylation sites is 1. The van der Waals surface area contributed by atoms with Gasteiger partial charge in [0.05, 0.1) is 16.0 Å². The number of nitrogens with one attached hydrogen (secondary N) is 1. The molecule has 0 bridgehead atoms. The first-order chi connectivity index (χ1) is 13.7. The molecule has 0 radical (unpaired) electrons. The predicted molar refractivity (Wildman–Crippen MR) is 115 cm³/mol. The molecule has 1 aliphatic rings. The van der Waals surface area contributed by atoms with Gasteiger partial charge in [0.1, 0.15) is 5.82 Å². The van der Waals surface area contributed by atoms with Crippen molar-refractivity contribution in [3.63, 3.8) is 0 Å². The molecular formula is C20H25N5OS2. The van der Waals surface area contributed by atoms with Gasteiger partial charge >= 0.3 is 0 Å². The monoisotopic (exact) mass is 415 g/mol. The Balaban J connectivity index is 1.35. The van der Waals surface area contributed by atoms with E-state index >= 15 is 0 Å². The van der Waals surface area contributed by atoms with Gasteiger partial charge in [-0.15, -0.1) is 10.2 Å². The average Bonchev–Trinajstić information content (AvgIpc) is 3.29. The molecular weight excluding hydrogens is 390 g/mol. The average molecular weight is 416 g/mol. The Bertz CT molecular complexity index is 912. The minimum absolute atomic E-state index is 0.0662. The Morgan fingerprint density at radius 2 is 2.07 bits per heavy atom. The van der Waals surface area contributed by atoms with Gasteiger partial charge in [-0.05, 0) is 25.0 Å². The number of carbonyl (C=O) groups excluding carboxylic acids is 1. The summed E-state index contributed by atoms with van der Waals surface area (Å²) >= 11 is 2.94. The lowest BCUT2D eigenvalue weighted by atomic mass is 9.87. The van der Waals surface area contributed by atoms with Crippen LogP contribution in [-0.2, 0) is 17.8 Å². The summed E-state index contributed by atoms with van der Waals surface area (Å²) in [6, 6.07) is 7.89. The fraction of sp³-hybridized carbons (Fsp3) is 0.500. The Labute approximate surface area is 173 Å². The first kappa shape index (κ1) is 19.4. The molecule has 1 aliphatic carbocycles. The summed E-state index contributed by atoms with van der Waals surface area (Å²) in [7, 11) is 0. The molecule has 28 heavy (non-hydrogen) atoms. The molecule has 1 N–H and O–H groups in total. The molecule has 0 spiro atoms. The molecule has 6 nitrogen and oxygen atoms in total. The number of hydrogen-bond acceptors (Lipinski definition) is 6. The van der Waals surface area contributed by atoms with Gasteiger partial charge in [0.15, 0.2) is 10.3 Å². The van der Waals surface area contributed by atoms with Gasteiger partial charge < -0.3 is 9.88 Å². The van der Waals surface area contributed by atoms with Gasteiger partial charge in [-0.3, -0.25) is 4.79 Å². The Hall–Kier alpha value is -1.93. The van der Waals surface area contributed by atoms with Crippen molar-refractivity contribution in [3.05, 3.63) is 30.1 Å². The SMILES string of the molecule is CCn1c(CC2CCCCC2)nnc1SCC(=O)Nc1nc2ccccc2s1. The lowest BCUT2D eigenvalue weighted by molar-refractivity contribution is -0.113. The molecule has 8 heteroatoms. The van der Waals surface area contributed by atoms with Crippen molar-refractivity contribution >= 4 is 44.4 Å². The highest BCUT2D eigenvalue weighted by Crippen LogP contribution is 2.28. The molecule has 3 aromatic rings. The smallest absolute Gasteiger partial charge is 0.236 e. The summed E-state index contributed by atoms with van der Waals surface area (Å²) in [5, 5.41) is 13.1. The second-order valence-corrected chi connectivity index (χ2v) is 9.15. The number of benzene rings is 1. The number of thioether (sulfide) groups is 1. The minimum atomic E-state index is -0.0662. The van der Waals surface area contributed by atoms with E-state index in [1.807, 2.05) is 24.3 Å². The van der Waals surface area contributed by atoms with Gasteiger partial charge in [0.2, 0.25) is 5.91 Å². The van der Waals surface area contributed by atoms with E-state index in [0.717, 1.165) is 40.1 Å². The maximum Gasteiger partial charge on any atom is 0.236 e. The first-order valence-corrected chi connectivity index (χ1v) is 11.7. The summed E-state index contributed by atoms with van der Waals surface area (Å²) in [4.78, 5) is 16.8. The van der Waals surface area contributed by atoms with Crippen LogP contribution in [0.3, 0.4) is 0 Å².